The maximum atomic E-state index is 4.78. The van der Waals surface area contributed by atoms with Crippen LogP contribution in [-0.2, 0) is 3.07 Å². The third kappa shape index (κ3) is 4.32. The van der Waals surface area contributed by atoms with Gasteiger partial charge >= 0.3 is 45.0 Å². The van der Waals surface area contributed by atoms with Crippen LogP contribution in [0.15, 0.2) is 0 Å². The fraction of sp³-hybridized carbons (Fsp3) is 0.333. The molecule has 0 bridgehead atoms. The summed E-state index contributed by atoms with van der Waals surface area (Å²) in [5.41, 5.74) is 0. The van der Waals surface area contributed by atoms with Crippen LogP contribution in [-0.4, -0.2) is 29.5 Å². The van der Waals surface area contributed by atoms with Crippen molar-refractivity contribution in [1.29, 1.82) is 0 Å². The van der Waals surface area contributed by atoms with Gasteiger partial charge in [0, 0.05) is 0 Å². The first-order chi connectivity index (χ1) is 2.41. The Kier molecular flexibility index (Phi) is 4.59. The molecule has 0 saturated carbocycles. The van der Waals surface area contributed by atoms with Crippen LogP contribution in [0.1, 0.15) is 0 Å². The molecule has 0 N–H and O–H groups in total. The van der Waals surface area contributed by atoms with Crippen molar-refractivity contribution < 1.29 is 3.07 Å². The third-order valence-corrected chi connectivity index (χ3v) is 0.642. The zero-order valence-electron chi connectivity index (χ0n) is 2.77. The first kappa shape index (κ1) is 5.32. The van der Waals surface area contributed by atoms with E-state index in [0.717, 1.165) is 22.9 Å². The van der Waals surface area contributed by atoms with Gasteiger partial charge in [0.25, 0.3) is 0 Å². The summed E-state index contributed by atoms with van der Waals surface area (Å²) in [6.45, 7) is 0.474. The molecular formula is C3H4OSn. The van der Waals surface area contributed by atoms with Crippen LogP contribution in [0.5, 0.6) is 0 Å². The van der Waals surface area contributed by atoms with E-state index in [1.165, 1.54) is 0 Å². The average Bonchev–Trinajstić information content (AvgIpc) is 1.41. The second kappa shape index (κ2) is 4.32. The summed E-state index contributed by atoms with van der Waals surface area (Å²) in [7, 11) is 0. The van der Waals surface area contributed by atoms with E-state index >= 15 is 0 Å². The van der Waals surface area contributed by atoms with Gasteiger partial charge in [0.05, 0.1) is 0 Å². The van der Waals surface area contributed by atoms with Crippen molar-refractivity contribution in [2.45, 2.75) is 0 Å². The van der Waals surface area contributed by atoms with Gasteiger partial charge in [-0.15, -0.1) is 0 Å². The normalized spacial score (nSPS) is 6.40. The molecule has 1 nitrogen and oxygen atoms in total. The molecule has 0 spiro atoms. The molecule has 0 fully saturated rings. The van der Waals surface area contributed by atoms with Crippen LogP contribution in [0.3, 0.4) is 0 Å². The molecule has 0 aromatic rings. The molecule has 0 rings (SSSR count). The summed E-state index contributed by atoms with van der Waals surface area (Å²) < 4.78 is 4.58. The Morgan fingerprint density at radius 1 is 2.00 bits per heavy atom. The van der Waals surface area contributed by atoms with Crippen molar-refractivity contribution in [3.8, 4) is 12.3 Å². The zero-order chi connectivity index (χ0) is 4.12. The van der Waals surface area contributed by atoms with E-state index < -0.39 is 0 Å². The second-order valence-electron chi connectivity index (χ2n) is 0.515. The van der Waals surface area contributed by atoms with E-state index in [9.17, 15) is 0 Å². The molecule has 0 saturated heterocycles. The van der Waals surface area contributed by atoms with E-state index in [0.29, 0.717) is 6.61 Å². The van der Waals surface area contributed by atoms with Crippen LogP contribution < -0.4 is 0 Å². The summed E-state index contributed by atoms with van der Waals surface area (Å²) in [4.78, 5) is 0. The van der Waals surface area contributed by atoms with E-state index in [1.54, 1.807) is 0 Å². The standard InChI is InChI=1S/C3H3O.Sn.H/c1-2-3-4;;/h1H,3H2;;/q-1;+1;. The maximum absolute atomic E-state index is 4.78. The average molecular weight is 175 g/mol. The van der Waals surface area contributed by atoms with Gasteiger partial charge in [0.15, 0.2) is 0 Å². The molecule has 0 aliphatic rings. The van der Waals surface area contributed by atoms with Crippen molar-refractivity contribution in [3.05, 3.63) is 0 Å². The summed E-state index contributed by atoms with van der Waals surface area (Å²) in [6.07, 6.45) is 4.78. The molecule has 0 heterocycles. The first-order valence-corrected chi connectivity index (χ1v) is 2.51. The SMILES string of the molecule is C#CC[O][SnH]. The third-order valence-electron chi connectivity index (χ3n) is 0.167. The van der Waals surface area contributed by atoms with Crippen molar-refractivity contribution in [3.63, 3.8) is 0 Å². The fourth-order valence-electron chi connectivity index (χ4n) is 0.0481. The minimum atomic E-state index is 0.474. The van der Waals surface area contributed by atoms with Crippen molar-refractivity contribution in [2.75, 3.05) is 6.61 Å². The Morgan fingerprint density at radius 3 is 2.60 bits per heavy atom. The van der Waals surface area contributed by atoms with Gasteiger partial charge in [-0.05, 0) is 0 Å². The van der Waals surface area contributed by atoms with Crippen LogP contribution in [0, 0.1) is 12.3 Å². The molecule has 5 heavy (non-hydrogen) atoms. The molecule has 0 aromatic heterocycles. The van der Waals surface area contributed by atoms with Gasteiger partial charge in [-0.1, -0.05) is 0 Å². The minimum absolute atomic E-state index is 0.474. The number of hydrogen-bond acceptors (Lipinski definition) is 1. The van der Waals surface area contributed by atoms with Gasteiger partial charge in [0.1, 0.15) is 0 Å². The molecule has 0 amide bonds. The molecule has 0 aliphatic heterocycles. The quantitative estimate of drug-likeness (QED) is 0.383. The van der Waals surface area contributed by atoms with Gasteiger partial charge in [-0.3, -0.25) is 0 Å². The van der Waals surface area contributed by atoms with E-state index in [1.807, 2.05) is 0 Å². The second-order valence-corrected chi connectivity index (χ2v) is 1.47. The van der Waals surface area contributed by atoms with Gasteiger partial charge < -0.3 is 0 Å². The van der Waals surface area contributed by atoms with Gasteiger partial charge in [-0.25, -0.2) is 0 Å². The Balaban J connectivity index is 2.48. The summed E-state index contributed by atoms with van der Waals surface area (Å²) in [6, 6.07) is 0. The molecule has 0 atom stereocenters. The molecule has 0 aliphatic carbocycles. The molecule has 2 radical (unpaired) electrons. The van der Waals surface area contributed by atoms with E-state index in [4.69, 9.17) is 6.42 Å². The number of terminal acetylenes is 1. The molecule has 0 aromatic carbocycles. The van der Waals surface area contributed by atoms with Crippen molar-refractivity contribution in [2.24, 2.45) is 0 Å². The van der Waals surface area contributed by atoms with Crippen LogP contribution in [0.25, 0.3) is 0 Å². The molecule has 2 heteroatoms. The van der Waals surface area contributed by atoms with Gasteiger partial charge in [0.2, 0.25) is 0 Å². The monoisotopic (exact) mass is 176 g/mol. The summed E-state index contributed by atoms with van der Waals surface area (Å²) in [5.74, 6) is 2.33. The Labute approximate surface area is 45.3 Å². The van der Waals surface area contributed by atoms with Crippen LogP contribution >= 0.6 is 0 Å². The topological polar surface area (TPSA) is 9.23 Å². The van der Waals surface area contributed by atoms with Crippen LogP contribution in [0.2, 0.25) is 0 Å². The van der Waals surface area contributed by atoms with Crippen molar-refractivity contribution >= 4 is 22.9 Å². The van der Waals surface area contributed by atoms with Crippen molar-refractivity contribution in [1.82, 2.24) is 0 Å². The number of hydrogen-bond donors (Lipinski definition) is 0. The number of rotatable bonds is 1. The summed E-state index contributed by atoms with van der Waals surface area (Å²) in [5, 5.41) is 0. The Bertz CT molecular complexity index is 45.3. The van der Waals surface area contributed by atoms with E-state index in [2.05, 4.69) is 8.99 Å². The Morgan fingerprint density at radius 2 is 2.60 bits per heavy atom. The summed E-state index contributed by atoms with van der Waals surface area (Å²) >= 11 is 0.808. The molecule has 26 valence electrons. The fourth-order valence-corrected chi connectivity index (χ4v) is 0.323. The predicted molar refractivity (Wildman–Crippen MR) is 21.9 cm³/mol. The zero-order valence-corrected chi connectivity index (χ0v) is 6.07. The van der Waals surface area contributed by atoms with Crippen LogP contribution in [0.4, 0.5) is 0 Å². The predicted octanol–water partition coefficient (Wildman–Crippen LogP) is -0.548. The molecule has 0 unspecified atom stereocenters. The molecular weight excluding hydrogens is 171 g/mol. The first-order valence-electron chi connectivity index (χ1n) is 1.17. The Hall–Kier alpha value is 0.319. The van der Waals surface area contributed by atoms with Gasteiger partial charge in [-0.2, -0.15) is 0 Å². The van der Waals surface area contributed by atoms with E-state index in [-0.39, 0.29) is 0 Å².